The van der Waals surface area contributed by atoms with Crippen molar-refractivity contribution in [3.63, 3.8) is 0 Å². The van der Waals surface area contributed by atoms with Crippen LogP contribution in [-0.2, 0) is 6.42 Å². The van der Waals surface area contributed by atoms with E-state index >= 15 is 0 Å². The van der Waals surface area contributed by atoms with Crippen molar-refractivity contribution in [3.05, 3.63) is 53.5 Å². The number of hydrogen-bond donors (Lipinski definition) is 3. The van der Waals surface area contributed by atoms with Crippen molar-refractivity contribution >= 4 is 11.6 Å². The molecule has 1 aromatic heterocycles. The molecule has 1 aromatic carbocycles. The van der Waals surface area contributed by atoms with Gasteiger partial charge in [-0.2, -0.15) is 0 Å². The van der Waals surface area contributed by atoms with Gasteiger partial charge >= 0.3 is 0 Å². The minimum Gasteiger partial charge on any atom is -0.456 e. The molecule has 5 nitrogen and oxygen atoms in total. The third-order valence-corrected chi connectivity index (χ3v) is 3.01. The van der Waals surface area contributed by atoms with Crippen molar-refractivity contribution in [1.29, 1.82) is 0 Å². The van der Waals surface area contributed by atoms with Crippen LogP contribution in [0, 0.1) is 0 Å². The van der Waals surface area contributed by atoms with E-state index in [9.17, 15) is 9.90 Å². The Kier molecular flexibility index (Phi) is 4.42. The van der Waals surface area contributed by atoms with E-state index in [1.807, 2.05) is 6.92 Å². The fourth-order valence-electron chi connectivity index (χ4n) is 1.80. The van der Waals surface area contributed by atoms with Crippen molar-refractivity contribution in [2.75, 3.05) is 12.3 Å². The number of aliphatic hydroxyl groups is 1. The third-order valence-electron chi connectivity index (χ3n) is 3.01. The summed E-state index contributed by atoms with van der Waals surface area (Å²) < 4.78 is 5.34. The second kappa shape index (κ2) is 6.25. The number of rotatable bonds is 5. The molecule has 0 aliphatic rings. The minimum absolute atomic E-state index is 0.116. The number of nitrogens with one attached hydrogen (secondary N) is 1. The molecule has 0 spiro atoms. The molecule has 0 saturated heterocycles. The maximum atomic E-state index is 11.8. The van der Waals surface area contributed by atoms with Crippen LogP contribution in [0.2, 0.25) is 0 Å². The van der Waals surface area contributed by atoms with Gasteiger partial charge in [-0.1, -0.05) is 19.1 Å². The molecule has 1 unspecified atom stereocenters. The van der Waals surface area contributed by atoms with Crippen LogP contribution in [0.4, 0.5) is 5.69 Å². The summed E-state index contributed by atoms with van der Waals surface area (Å²) in [7, 11) is 0. The highest BCUT2D eigenvalue weighted by molar-refractivity contribution is 5.91. The fraction of sp³-hybridized carbons (Fsp3) is 0.267. The monoisotopic (exact) mass is 274 g/mol. The average Bonchev–Trinajstić information content (AvgIpc) is 2.94. The Morgan fingerprint density at radius 1 is 1.30 bits per heavy atom. The zero-order chi connectivity index (χ0) is 14.5. The molecule has 20 heavy (non-hydrogen) atoms. The van der Waals surface area contributed by atoms with Gasteiger partial charge in [0.25, 0.3) is 5.91 Å². The van der Waals surface area contributed by atoms with Gasteiger partial charge in [-0.25, -0.2) is 0 Å². The maximum absolute atomic E-state index is 11.8. The second-order valence-electron chi connectivity index (χ2n) is 4.51. The number of furan rings is 1. The number of hydrogen-bond acceptors (Lipinski definition) is 4. The molecule has 0 aliphatic carbocycles. The minimum atomic E-state index is -0.778. The molecule has 0 radical (unpaired) electrons. The fourth-order valence-corrected chi connectivity index (χ4v) is 1.80. The molecule has 5 heteroatoms. The summed E-state index contributed by atoms with van der Waals surface area (Å²) in [6, 6.07) is 10.3. The van der Waals surface area contributed by atoms with Gasteiger partial charge in [0, 0.05) is 18.7 Å². The van der Waals surface area contributed by atoms with Crippen LogP contribution in [0.25, 0.3) is 0 Å². The first kappa shape index (κ1) is 14.1. The normalized spacial score (nSPS) is 12.1. The molecule has 106 valence electrons. The van der Waals surface area contributed by atoms with Crippen LogP contribution < -0.4 is 11.1 Å². The number of carbonyl (C=O) groups excluding carboxylic acids is 1. The number of carbonyl (C=O) groups is 1. The van der Waals surface area contributed by atoms with Crippen LogP contribution in [0.5, 0.6) is 0 Å². The predicted octanol–water partition coefficient (Wildman–Crippen LogP) is 1.89. The van der Waals surface area contributed by atoms with Gasteiger partial charge in [-0.15, -0.1) is 0 Å². The van der Waals surface area contributed by atoms with E-state index in [0.29, 0.717) is 11.3 Å². The first-order valence-corrected chi connectivity index (χ1v) is 6.50. The third kappa shape index (κ3) is 3.39. The first-order valence-electron chi connectivity index (χ1n) is 6.50. The zero-order valence-electron chi connectivity index (χ0n) is 11.3. The lowest BCUT2D eigenvalue weighted by molar-refractivity contribution is 0.0887. The molecule has 1 atom stereocenters. The van der Waals surface area contributed by atoms with Crippen molar-refractivity contribution in [2.45, 2.75) is 19.4 Å². The zero-order valence-corrected chi connectivity index (χ0v) is 11.3. The van der Waals surface area contributed by atoms with Crippen LogP contribution in [0.15, 0.2) is 40.8 Å². The van der Waals surface area contributed by atoms with Gasteiger partial charge in [-0.3, -0.25) is 4.79 Å². The Hall–Kier alpha value is -2.27. The summed E-state index contributed by atoms with van der Waals surface area (Å²) in [5, 5.41) is 12.6. The summed E-state index contributed by atoms with van der Waals surface area (Å²) in [4.78, 5) is 11.8. The van der Waals surface area contributed by atoms with Crippen LogP contribution in [0.3, 0.4) is 0 Å². The Morgan fingerprint density at radius 3 is 2.60 bits per heavy atom. The number of nitrogen functional groups attached to an aromatic ring is 1. The van der Waals surface area contributed by atoms with Crippen LogP contribution >= 0.6 is 0 Å². The Morgan fingerprint density at radius 2 is 2.00 bits per heavy atom. The second-order valence-corrected chi connectivity index (χ2v) is 4.51. The summed E-state index contributed by atoms with van der Waals surface area (Å²) in [5.41, 5.74) is 6.91. The molecule has 0 fully saturated rings. The van der Waals surface area contributed by atoms with E-state index in [2.05, 4.69) is 5.32 Å². The number of anilines is 1. The smallest absolute Gasteiger partial charge is 0.287 e. The average molecular weight is 274 g/mol. The van der Waals surface area contributed by atoms with Crippen LogP contribution in [0.1, 0.15) is 34.9 Å². The van der Waals surface area contributed by atoms with Gasteiger partial charge in [0.2, 0.25) is 0 Å². The molecule has 0 bridgehead atoms. The van der Waals surface area contributed by atoms with Crippen molar-refractivity contribution < 1.29 is 14.3 Å². The maximum Gasteiger partial charge on any atom is 0.287 e. The highest BCUT2D eigenvalue weighted by Crippen LogP contribution is 2.14. The Bertz CT molecular complexity index is 575. The topological polar surface area (TPSA) is 88.5 Å². The molecule has 0 aliphatic heterocycles. The van der Waals surface area contributed by atoms with E-state index in [-0.39, 0.29) is 18.2 Å². The lowest BCUT2D eigenvalue weighted by atomic mass is 10.1. The molecule has 1 heterocycles. The van der Waals surface area contributed by atoms with Crippen LogP contribution in [-0.4, -0.2) is 17.6 Å². The van der Waals surface area contributed by atoms with Gasteiger partial charge in [0.05, 0.1) is 6.10 Å². The van der Waals surface area contributed by atoms with E-state index in [1.54, 1.807) is 36.4 Å². The molecular weight excluding hydrogens is 256 g/mol. The number of amides is 1. The lowest BCUT2D eigenvalue weighted by Gasteiger charge is -2.11. The van der Waals surface area contributed by atoms with E-state index in [4.69, 9.17) is 10.2 Å². The van der Waals surface area contributed by atoms with Crippen molar-refractivity contribution in [2.24, 2.45) is 0 Å². The van der Waals surface area contributed by atoms with Gasteiger partial charge in [0.1, 0.15) is 5.76 Å². The SMILES string of the molecule is CCc1ccc(C(=O)NCC(O)c2ccc(N)cc2)o1. The first-order chi connectivity index (χ1) is 9.60. The lowest BCUT2D eigenvalue weighted by Crippen LogP contribution is -2.28. The number of benzene rings is 1. The number of aliphatic hydroxyl groups excluding tert-OH is 1. The molecular formula is C15H18N2O3. The van der Waals surface area contributed by atoms with Gasteiger partial charge in [-0.05, 0) is 29.8 Å². The van der Waals surface area contributed by atoms with Crippen molar-refractivity contribution in [3.8, 4) is 0 Å². The highest BCUT2D eigenvalue weighted by Gasteiger charge is 2.13. The summed E-state index contributed by atoms with van der Waals surface area (Å²) in [5.74, 6) is 0.680. The summed E-state index contributed by atoms with van der Waals surface area (Å²) in [6.07, 6.45) is -0.0402. The van der Waals surface area contributed by atoms with E-state index in [1.165, 1.54) is 0 Å². The van der Waals surface area contributed by atoms with Crippen molar-refractivity contribution in [1.82, 2.24) is 5.32 Å². The van der Waals surface area contributed by atoms with E-state index < -0.39 is 6.10 Å². The molecule has 4 N–H and O–H groups in total. The molecule has 2 aromatic rings. The molecule has 2 rings (SSSR count). The summed E-state index contributed by atoms with van der Waals surface area (Å²) >= 11 is 0. The predicted molar refractivity (Wildman–Crippen MR) is 76.2 cm³/mol. The number of nitrogens with two attached hydrogens (primary N) is 1. The molecule has 1 amide bonds. The molecule has 0 saturated carbocycles. The largest absolute Gasteiger partial charge is 0.456 e. The Labute approximate surface area is 117 Å². The standard InChI is InChI=1S/C15H18N2O3/c1-2-12-7-8-14(20-12)15(19)17-9-13(18)10-3-5-11(16)6-4-10/h3-8,13,18H,2,9,16H2,1H3,(H,17,19). The number of aryl methyl sites for hydroxylation is 1. The van der Waals surface area contributed by atoms with E-state index in [0.717, 1.165) is 12.2 Å². The Balaban J connectivity index is 1.91. The quantitative estimate of drug-likeness (QED) is 0.726. The summed E-state index contributed by atoms with van der Waals surface area (Å²) in [6.45, 7) is 2.07. The van der Waals surface area contributed by atoms with Gasteiger partial charge < -0.3 is 20.6 Å². The van der Waals surface area contributed by atoms with Gasteiger partial charge in [0.15, 0.2) is 5.76 Å². The highest BCUT2D eigenvalue weighted by atomic mass is 16.3.